The van der Waals surface area contributed by atoms with Gasteiger partial charge in [0.1, 0.15) is 0 Å². The second-order valence-corrected chi connectivity index (χ2v) is 6.28. The number of hydrogen-bond donors (Lipinski definition) is 2. The van der Waals surface area contributed by atoms with E-state index in [1.54, 1.807) is 0 Å². The van der Waals surface area contributed by atoms with Gasteiger partial charge in [0, 0.05) is 19.1 Å². The van der Waals surface area contributed by atoms with Crippen molar-refractivity contribution in [2.45, 2.75) is 58.8 Å². The third kappa shape index (κ3) is 7.25. The minimum Gasteiger partial charge on any atom is -0.389 e. The van der Waals surface area contributed by atoms with Crippen LogP contribution >= 0.6 is 0 Å². The van der Waals surface area contributed by atoms with Gasteiger partial charge in [-0.2, -0.15) is 0 Å². The van der Waals surface area contributed by atoms with Crippen molar-refractivity contribution in [3.05, 3.63) is 0 Å². The van der Waals surface area contributed by atoms with Crippen LogP contribution in [-0.2, 0) is 4.74 Å². The van der Waals surface area contributed by atoms with Gasteiger partial charge in [-0.1, -0.05) is 0 Å². The summed E-state index contributed by atoms with van der Waals surface area (Å²) in [5.41, 5.74) is 0. The summed E-state index contributed by atoms with van der Waals surface area (Å²) in [4.78, 5) is 2.39. The van der Waals surface area contributed by atoms with Crippen molar-refractivity contribution >= 4 is 0 Å². The first kappa shape index (κ1) is 16.9. The van der Waals surface area contributed by atoms with Gasteiger partial charge in [0.15, 0.2) is 0 Å². The standard InChI is InChI=1S/C15H32N2O2/c1-12(2)17(9-14-5-7-16-8-6-14)10-15(18)11-19-13(3)4/h12-16,18H,5-11H2,1-4H3. The van der Waals surface area contributed by atoms with Crippen LogP contribution in [0.15, 0.2) is 0 Å². The summed E-state index contributed by atoms with van der Waals surface area (Å²) in [6, 6.07) is 0.476. The Bertz CT molecular complexity index is 228. The molecule has 1 aliphatic rings. The average Bonchev–Trinajstić information content (AvgIpc) is 2.36. The van der Waals surface area contributed by atoms with E-state index in [9.17, 15) is 5.11 Å². The molecule has 0 aromatic rings. The number of aliphatic hydroxyl groups is 1. The molecule has 4 heteroatoms. The third-order valence-corrected chi connectivity index (χ3v) is 3.75. The topological polar surface area (TPSA) is 44.7 Å². The monoisotopic (exact) mass is 272 g/mol. The lowest BCUT2D eigenvalue weighted by Gasteiger charge is -2.34. The molecule has 1 unspecified atom stereocenters. The molecule has 0 saturated carbocycles. The van der Waals surface area contributed by atoms with Gasteiger partial charge in [-0.3, -0.25) is 4.90 Å². The molecule has 114 valence electrons. The molecular formula is C15H32N2O2. The van der Waals surface area contributed by atoms with Crippen LogP contribution in [0.2, 0.25) is 0 Å². The Morgan fingerprint density at radius 1 is 1.21 bits per heavy atom. The Labute approximate surface area is 118 Å². The molecule has 0 spiro atoms. The minimum absolute atomic E-state index is 0.187. The van der Waals surface area contributed by atoms with Gasteiger partial charge in [0.05, 0.1) is 18.8 Å². The van der Waals surface area contributed by atoms with Crippen LogP contribution in [0, 0.1) is 5.92 Å². The van der Waals surface area contributed by atoms with Crippen LogP contribution in [0.5, 0.6) is 0 Å². The van der Waals surface area contributed by atoms with Crippen molar-refractivity contribution in [2.24, 2.45) is 5.92 Å². The van der Waals surface area contributed by atoms with Crippen LogP contribution in [0.25, 0.3) is 0 Å². The van der Waals surface area contributed by atoms with Crippen LogP contribution in [0.3, 0.4) is 0 Å². The number of rotatable bonds is 8. The predicted molar refractivity (Wildman–Crippen MR) is 79.4 cm³/mol. The van der Waals surface area contributed by atoms with Gasteiger partial charge in [-0.15, -0.1) is 0 Å². The molecule has 0 aromatic carbocycles. The van der Waals surface area contributed by atoms with Crippen molar-refractivity contribution in [1.29, 1.82) is 0 Å². The second kappa shape index (κ2) is 8.90. The molecule has 19 heavy (non-hydrogen) atoms. The van der Waals surface area contributed by atoms with Crippen molar-refractivity contribution in [3.63, 3.8) is 0 Å². The Balaban J connectivity index is 2.34. The van der Waals surface area contributed by atoms with E-state index >= 15 is 0 Å². The Hall–Kier alpha value is -0.160. The highest BCUT2D eigenvalue weighted by atomic mass is 16.5. The van der Waals surface area contributed by atoms with Gasteiger partial charge < -0.3 is 15.2 Å². The van der Waals surface area contributed by atoms with Crippen molar-refractivity contribution in [3.8, 4) is 0 Å². The zero-order valence-electron chi connectivity index (χ0n) is 13.1. The first-order valence-electron chi connectivity index (χ1n) is 7.73. The molecule has 1 rings (SSSR count). The molecular weight excluding hydrogens is 240 g/mol. The number of piperidine rings is 1. The Morgan fingerprint density at radius 2 is 1.84 bits per heavy atom. The van der Waals surface area contributed by atoms with Crippen molar-refractivity contribution < 1.29 is 9.84 Å². The molecule has 4 nitrogen and oxygen atoms in total. The van der Waals surface area contributed by atoms with E-state index < -0.39 is 0 Å². The molecule has 1 saturated heterocycles. The Kier molecular flexibility index (Phi) is 7.91. The SMILES string of the molecule is CC(C)OCC(O)CN(CC1CCNCC1)C(C)C. The van der Waals surface area contributed by atoms with E-state index in [1.807, 2.05) is 13.8 Å². The van der Waals surface area contributed by atoms with Crippen molar-refractivity contribution in [1.82, 2.24) is 10.2 Å². The van der Waals surface area contributed by atoms with E-state index in [1.165, 1.54) is 12.8 Å². The third-order valence-electron chi connectivity index (χ3n) is 3.75. The van der Waals surface area contributed by atoms with Crippen molar-refractivity contribution in [2.75, 3.05) is 32.8 Å². The molecule has 0 radical (unpaired) electrons. The fraction of sp³-hybridized carbons (Fsp3) is 1.00. The maximum atomic E-state index is 10.1. The highest BCUT2D eigenvalue weighted by Crippen LogP contribution is 2.15. The summed E-state index contributed by atoms with van der Waals surface area (Å²) in [6.07, 6.45) is 2.31. The van der Waals surface area contributed by atoms with E-state index in [2.05, 4.69) is 24.1 Å². The highest BCUT2D eigenvalue weighted by molar-refractivity contribution is 4.76. The summed E-state index contributed by atoms with van der Waals surface area (Å²) in [6.45, 7) is 12.9. The van der Waals surface area contributed by atoms with E-state index in [0.717, 1.165) is 25.6 Å². The summed E-state index contributed by atoms with van der Waals surface area (Å²) >= 11 is 0. The molecule has 0 aliphatic carbocycles. The summed E-state index contributed by atoms with van der Waals surface area (Å²) in [7, 11) is 0. The van der Waals surface area contributed by atoms with E-state index in [4.69, 9.17) is 4.74 Å². The van der Waals surface area contributed by atoms with E-state index in [0.29, 0.717) is 19.2 Å². The lowest BCUT2D eigenvalue weighted by Crippen LogP contribution is -2.44. The molecule has 0 aromatic heterocycles. The first-order chi connectivity index (χ1) is 8.99. The van der Waals surface area contributed by atoms with Crippen LogP contribution in [0.1, 0.15) is 40.5 Å². The number of hydrogen-bond acceptors (Lipinski definition) is 4. The van der Waals surface area contributed by atoms with Crippen LogP contribution in [-0.4, -0.2) is 61.0 Å². The maximum Gasteiger partial charge on any atom is 0.0900 e. The second-order valence-electron chi connectivity index (χ2n) is 6.28. The quantitative estimate of drug-likeness (QED) is 0.702. The molecule has 0 bridgehead atoms. The van der Waals surface area contributed by atoms with Crippen LogP contribution in [0.4, 0.5) is 0 Å². The van der Waals surface area contributed by atoms with Gasteiger partial charge in [-0.05, 0) is 59.5 Å². The fourth-order valence-corrected chi connectivity index (χ4v) is 2.52. The van der Waals surface area contributed by atoms with Gasteiger partial charge in [0.2, 0.25) is 0 Å². The van der Waals surface area contributed by atoms with Gasteiger partial charge in [-0.25, -0.2) is 0 Å². The lowest BCUT2D eigenvalue weighted by atomic mass is 9.97. The number of aliphatic hydroxyl groups excluding tert-OH is 1. The Morgan fingerprint density at radius 3 is 2.37 bits per heavy atom. The number of nitrogens with zero attached hydrogens (tertiary/aromatic N) is 1. The smallest absolute Gasteiger partial charge is 0.0900 e. The number of ether oxygens (including phenoxy) is 1. The summed E-state index contributed by atoms with van der Waals surface area (Å²) in [5, 5.41) is 13.5. The normalized spacial score (nSPS) is 19.6. The van der Waals surface area contributed by atoms with Gasteiger partial charge in [0.25, 0.3) is 0 Å². The first-order valence-corrected chi connectivity index (χ1v) is 7.73. The zero-order valence-corrected chi connectivity index (χ0v) is 13.1. The molecule has 1 heterocycles. The molecule has 1 aliphatic heterocycles. The number of nitrogens with one attached hydrogen (secondary N) is 1. The molecule has 1 atom stereocenters. The molecule has 2 N–H and O–H groups in total. The maximum absolute atomic E-state index is 10.1. The highest BCUT2D eigenvalue weighted by Gasteiger charge is 2.21. The lowest BCUT2D eigenvalue weighted by molar-refractivity contribution is -0.0151. The largest absolute Gasteiger partial charge is 0.389 e. The summed E-state index contributed by atoms with van der Waals surface area (Å²) < 4.78 is 5.49. The summed E-state index contributed by atoms with van der Waals surface area (Å²) in [5.74, 6) is 0.766. The zero-order chi connectivity index (χ0) is 14.3. The minimum atomic E-state index is -0.383. The average molecular weight is 272 g/mol. The van der Waals surface area contributed by atoms with Crippen LogP contribution < -0.4 is 5.32 Å². The predicted octanol–water partition coefficient (Wildman–Crippen LogP) is 1.48. The molecule has 1 fully saturated rings. The fourth-order valence-electron chi connectivity index (χ4n) is 2.52. The van der Waals surface area contributed by atoms with E-state index in [-0.39, 0.29) is 12.2 Å². The van der Waals surface area contributed by atoms with Gasteiger partial charge >= 0.3 is 0 Å². The molecule has 0 amide bonds.